The summed E-state index contributed by atoms with van der Waals surface area (Å²) in [6.45, 7) is 1.29. The molecule has 0 spiro atoms. The van der Waals surface area contributed by atoms with Crippen molar-refractivity contribution in [3.8, 4) is 5.75 Å². The van der Waals surface area contributed by atoms with Crippen molar-refractivity contribution in [3.05, 3.63) is 102 Å². The van der Waals surface area contributed by atoms with E-state index < -0.39 is 0 Å². The average Bonchev–Trinajstić information content (AvgIpc) is 2.77. The van der Waals surface area contributed by atoms with Gasteiger partial charge in [-0.15, -0.1) is 0 Å². The van der Waals surface area contributed by atoms with E-state index in [0.29, 0.717) is 6.61 Å². The van der Waals surface area contributed by atoms with Gasteiger partial charge in [0.25, 0.3) is 5.91 Å². The first kappa shape index (κ1) is 18.1. The lowest BCUT2D eigenvalue weighted by atomic mass is 10.0. The van der Waals surface area contributed by atoms with Crippen molar-refractivity contribution in [2.24, 2.45) is 0 Å². The van der Waals surface area contributed by atoms with Crippen LogP contribution in [0, 0.1) is 0 Å². The fourth-order valence-electron chi connectivity index (χ4n) is 3.47. The number of carbonyl (C=O) groups excluding carboxylic acids is 1. The van der Waals surface area contributed by atoms with E-state index in [1.165, 1.54) is 5.56 Å². The van der Waals surface area contributed by atoms with E-state index in [9.17, 15) is 4.79 Å². The highest BCUT2D eigenvalue weighted by molar-refractivity contribution is 6.04. The Morgan fingerprint density at radius 1 is 0.964 bits per heavy atom. The largest absolute Gasteiger partial charge is 0.489 e. The molecule has 0 bridgehead atoms. The molecule has 0 fully saturated rings. The van der Waals surface area contributed by atoms with Gasteiger partial charge in [-0.2, -0.15) is 0 Å². The number of benzene rings is 3. The minimum absolute atomic E-state index is 0.0164. The molecule has 1 heterocycles. The molecule has 28 heavy (non-hydrogen) atoms. The van der Waals surface area contributed by atoms with Crippen LogP contribution in [0.5, 0.6) is 5.75 Å². The van der Waals surface area contributed by atoms with Crippen molar-refractivity contribution in [2.75, 3.05) is 11.4 Å². The molecular formula is C25H23NO2. The molecule has 0 radical (unpaired) electrons. The van der Waals surface area contributed by atoms with Crippen LogP contribution in [-0.2, 0) is 17.8 Å². The predicted molar refractivity (Wildman–Crippen MR) is 113 cm³/mol. The zero-order valence-electron chi connectivity index (χ0n) is 15.8. The number of fused-ring (bicyclic) bond motifs is 1. The summed E-state index contributed by atoms with van der Waals surface area (Å²) in [4.78, 5) is 14.6. The Bertz CT molecular complexity index is 979. The first-order chi connectivity index (χ1) is 13.8. The molecule has 0 aliphatic carbocycles. The number of amides is 1. The second kappa shape index (κ2) is 8.57. The number of aryl methyl sites for hydroxylation is 1. The smallest absolute Gasteiger partial charge is 0.250 e. The number of hydrogen-bond donors (Lipinski definition) is 0. The number of anilines is 1. The minimum atomic E-state index is 0.0164. The van der Waals surface area contributed by atoms with Crippen LogP contribution in [0.1, 0.15) is 23.1 Å². The number of carbonyl (C=O) groups is 1. The maximum atomic E-state index is 12.7. The van der Waals surface area contributed by atoms with Crippen LogP contribution >= 0.6 is 0 Å². The fourth-order valence-corrected chi connectivity index (χ4v) is 3.47. The monoisotopic (exact) mass is 369 g/mol. The van der Waals surface area contributed by atoms with Crippen molar-refractivity contribution in [2.45, 2.75) is 19.4 Å². The number of nitrogens with zero attached hydrogens (tertiary/aromatic N) is 1. The molecule has 0 saturated heterocycles. The van der Waals surface area contributed by atoms with Gasteiger partial charge in [0.05, 0.1) is 0 Å². The minimum Gasteiger partial charge on any atom is -0.489 e. The van der Waals surface area contributed by atoms with Crippen LogP contribution in [0.2, 0.25) is 0 Å². The molecular weight excluding hydrogens is 346 g/mol. The van der Waals surface area contributed by atoms with Gasteiger partial charge < -0.3 is 9.64 Å². The van der Waals surface area contributed by atoms with Crippen LogP contribution in [0.4, 0.5) is 5.69 Å². The zero-order chi connectivity index (χ0) is 19.2. The molecule has 3 aromatic rings. The van der Waals surface area contributed by atoms with Gasteiger partial charge in [-0.05, 0) is 53.8 Å². The number of para-hydroxylation sites is 1. The molecule has 0 N–H and O–H groups in total. The molecule has 3 nitrogen and oxygen atoms in total. The maximum Gasteiger partial charge on any atom is 0.250 e. The van der Waals surface area contributed by atoms with E-state index in [2.05, 4.69) is 6.07 Å². The molecule has 0 atom stereocenters. The molecule has 1 aliphatic heterocycles. The summed E-state index contributed by atoms with van der Waals surface area (Å²) in [6.07, 6.45) is 5.54. The number of ether oxygens (including phenoxy) is 1. The Hall–Kier alpha value is -3.33. The predicted octanol–water partition coefficient (Wildman–Crippen LogP) is 5.26. The Labute approximate surface area is 165 Å². The van der Waals surface area contributed by atoms with E-state index in [0.717, 1.165) is 42.0 Å². The average molecular weight is 369 g/mol. The highest BCUT2D eigenvalue weighted by atomic mass is 16.5. The third-order valence-electron chi connectivity index (χ3n) is 4.90. The molecule has 3 aromatic carbocycles. The van der Waals surface area contributed by atoms with E-state index >= 15 is 0 Å². The number of rotatable bonds is 5. The number of hydrogen-bond acceptors (Lipinski definition) is 2. The summed E-state index contributed by atoms with van der Waals surface area (Å²) >= 11 is 0. The molecule has 0 saturated carbocycles. The second-order valence-electron chi connectivity index (χ2n) is 6.90. The molecule has 4 rings (SSSR count). The summed E-state index contributed by atoms with van der Waals surface area (Å²) in [5.41, 5.74) is 4.35. The first-order valence-corrected chi connectivity index (χ1v) is 9.64. The molecule has 0 unspecified atom stereocenters. The van der Waals surface area contributed by atoms with Crippen molar-refractivity contribution >= 4 is 17.7 Å². The second-order valence-corrected chi connectivity index (χ2v) is 6.90. The van der Waals surface area contributed by atoms with Crippen LogP contribution in [0.25, 0.3) is 6.08 Å². The van der Waals surface area contributed by atoms with E-state index in [1.54, 1.807) is 6.08 Å². The summed E-state index contributed by atoms with van der Waals surface area (Å²) in [5, 5.41) is 0. The van der Waals surface area contributed by atoms with Gasteiger partial charge in [0.15, 0.2) is 0 Å². The lowest BCUT2D eigenvalue weighted by Crippen LogP contribution is -2.34. The standard InChI is InChI=1S/C25H23NO2/c27-25(26-17-7-12-22-11-4-5-14-24(22)26)16-15-20-10-6-13-23(18-20)28-19-21-8-2-1-3-9-21/h1-6,8-11,13-16,18H,7,12,17,19H2/b16-15+. The van der Waals surface area contributed by atoms with Crippen LogP contribution in [-0.4, -0.2) is 12.5 Å². The van der Waals surface area contributed by atoms with Crippen LogP contribution in [0.15, 0.2) is 84.9 Å². The highest BCUT2D eigenvalue weighted by Gasteiger charge is 2.20. The van der Waals surface area contributed by atoms with Gasteiger partial charge in [0.1, 0.15) is 12.4 Å². The molecule has 0 aromatic heterocycles. The van der Waals surface area contributed by atoms with Crippen LogP contribution < -0.4 is 9.64 Å². The third kappa shape index (κ3) is 4.32. The molecule has 3 heteroatoms. The molecule has 1 amide bonds. The quantitative estimate of drug-likeness (QED) is 0.574. The normalized spacial score (nSPS) is 13.4. The molecule has 1 aliphatic rings. The van der Waals surface area contributed by atoms with Gasteiger partial charge in [0, 0.05) is 18.3 Å². The zero-order valence-corrected chi connectivity index (χ0v) is 15.8. The summed E-state index contributed by atoms with van der Waals surface area (Å²) in [6, 6.07) is 26.0. The van der Waals surface area contributed by atoms with Gasteiger partial charge in [-0.25, -0.2) is 0 Å². The van der Waals surface area contributed by atoms with Gasteiger partial charge >= 0.3 is 0 Å². The fraction of sp³-hybridized carbons (Fsp3) is 0.160. The topological polar surface area (TPSA) is 29.5 Å². The Morgan fingerprint density at radius 3 is 2.68 bits per heavy atom. The SMILES string of the molecule is O=C(/C=C/c1cccc(OCc2ccccc2)c1)N1CCCc2ccccc21. The third-order valence-corrected chi connectivity index (χ3v) is 4.90. The van der Waals surface area contributed by atoms with Crippen molar-refractivity contribution in [3.63, 3.8) is 0 Å². The van der Waals surface area contributed by atoms with Gasteiger partial charge in [-0.3, -0.25) is 4.79 Å². The van der Waals surface area contributed by atoms with E-state index in [-0.39, 0.29) is 5.91 Å². The summed E-state index contributed by atoms with van der Waals surface area (Å²) < 4.78 is 5.87. The molecule has 140 valence electrons. The Morgan fingerprint density at radius 2 is 1.79 bits per heavy atom. The highest BCUT2D eigenvalue weighted by Crippen LogP contribution is 2.27. The van der Waals surface area contributed by atoms with E-state index in [4.69, 9.17) is 4.74 Å². The van der Waals surface area contributed by atoms with Crippen molar-refractivity contribution < 1.29 is 9.53 Å². The van der Waals surface area contributed by atoms with Crippen molar-refractivity contribution in [1.29, 1.82) is 0 Å². The summed E-state index contributed by atoms with van der Waals surface area (Å²) in [7, 11) is 0. The Kier molecular flexibility index (Phi) is 5.53. The van der Waals surface area contributed by atoms with Gasteiger partial charge in [-0.1, -0.05) is 60.7 Å². The van der Waals surface area contributed by atoms with Crippen LogP contribution in [0.3, 0.4) is 0 Å². The summed E-state index contributed by atoms with van der Waals surface area (Å²) in [5.74, 6) is 0.810. The lowest BCUT2D eigenvalue weighted by Gasteiger charge is -2.28. The van der Waals surface area contributed by atoms with Crippen molar-refractivity contribution in [1.82, 2.24) is 0 Å². The lowest BCUT2D eigenvalue weighted by molar-refractivity contribution is -0.114. The maximum absolute atomic E-state index is 12.7. The Balaban J connectivity index is 1.43. The van der Waals surface area contributed by atoms with Gasteiger partial charge in [0.2, 0.25) is 0 Å². The van der Waals surface area contributed by atoms with E-state index in [1.807, 2.05) is 83.8 Å². The first-order valence-electron chi connectivity index (χ1n) is 9.64.